The van der Waals surface area contributed by atoms with Gasteiger partial charge in [0.2, 0.25) is 0 Å². The van der Waals surface area contributed by atoms with Gasteiger partial charge in [0.15, 0.2) is 0 Å². The van der Waals surface area contributed by atoms with Crippen molar-refractivity contribution in [1.29, 1.82) is 0 Å². The summed E-state index contributed by atoms with van der Waals surface area (Å²) in [7, 11) is 0. The Labute approximate surface area is 121 Å². The zero-order valence-corrected chi connectivity index (χ0v) is 12.9. The SMILES string of the molecule is CC(C)C(O)C(C)(C)CNC(=O)NCCn1cccc1. The van der Waals surface area contributed by atoms with Crippen molar-refractivity contribution in [3.63, 3.8) is 0 Å². The summed E-state index contributed by atoms with van der Waals surface area (Å²) in [6.07, 6.45) is 3.48. The number of carbonyl (C=O) groups excluding carboxylic acids is 1. The number of aliphatic hydroxyl groups excluding tert-OH is 1. The number of aliphatic hydroxyl groups is 1. The summed E-state index contributed by atoms with van der Waals surface area (Å²) >= 11 is 0. The van der Waals surface area contributed by atoms with Gasteiger partial charge < -0.3 is 20.3 Å². The summed E-state index contributed by atoms with van der Waals surface area (Å²) in [6.45, 7) is 9.64. The van der Waals surface area contributed by atoms with Crippen LogP contribution >= 0.6 is 0 Å². The van der Waals surface area contributed by atoms with E-state index in [0.29, 0.717) is 13.1 Å². The zero-order valence-electron chi connectivity index (χ0n) is 12.9. The van der Waals surface area contributed by atoms with Crippen LogP contribution in [0, 0.1) is 11.3 Å². The average Bonchev–Trinajstić information content (AvgIpc) is 2.88. The Kier molecular flexibility index (Phi) is 6.07. The van der Waals surface area contributed by atoms with Crippen LogP contribution in [0.2, 0.25) is 0 Å². The Bertz CT molecular complexity index is 399. The van der Waals surface area contributed by atoms with Gasteiger partial charge >= 0.3 is 6.03 Å². The van der Waals surface area contributed by atoms with Gasteiger partial charge in [-0.25, -0.2) is 4.79 Å². The molecule has 1 aromatic heterocycles. The van der Waals surface area contributed by atoms with Crippen molar-refractivity contribution in [2.75, 3.05) is 13.1 Å². The van der Waals surface area contributed by atoms with E-state index in [0.717, 1.165) is 6.54 Å². The van der Waals surface area contributed by atoms with Crippen LogP contribution in [0.25, 0.3) is 0 Å². The smallest absolute Gasteiger partial charge is 0.314 e. The normalized spacial score (nSPS) is 13.3. The molecule has 1 rings (SSSR count). The maximum atomic E-state index is 11.7. The molecule has 0 bridgehead atoms. The van der Waals surface area contributed by atoms with E-state index < -0.39 is 6.10 Å². The molecule has 0 saturated carbocycles. The number of urea groups is 1. The molecule has 20 heavy (non-hydrogen) atoms. The van der Waals surface area contributed by atoms with Gasteiger partial charge in [-0.1, -0.05) is 27.7 Å². The topological polar surface area (TPSA) is 66.3 Å². The van der Waals surface area contributed by atoms with Crippen molar-refractivity contribution < 1.29 is 9.90 Å². The highest BCUT2D eigenvalue weighted by atomic mass is 16.3. The molecular formula is C15H27N3O2. The Hall–Kier alpha value is -1.49. The lowest BCUT2D eigenvalue weighted by Crippen LogP contribution is -2.46. The van der Waals surface area contributed by atoms with Crippen LogP contribution in [0.4, 0.5) is 4.79 Å². The number of rotatable bonds is 7. The van der Waals surface area contributed by atoms with E-state index in [1.165, 1.54) is 0 Å². The molecule has 5 nitrogen and oxygen atoms in total. The minimum absolute atomic E-state index is 0.170. The Balaban J connectivity index is 2.25. The quantitative estimate of drug-likeness (QED) is 0.714. The molecule has 0 saturated heterocycles. The zero-order chi connectivity index (χ0) is 15.2. The Morgan fingerprint density at radius 3 is 2.40 bits per heavy atom. The first kappa shape index (κ1) is 16.6. The van der Waals surface area contributed by atoms with Crippen LogP contribution in [-0.4, -0.2) is 34.9 Å². The molecule has 1 unspecified atom stereocenters. The lowest BCUT2D eigenvalue weighted by atomic mass is 9.81. The fourth-order valence-corrected chi connectivity index (χ4v) is 2.20. The van der Waals surface area contributed by atoms with Crippen LogP contribution in [0.1, 0.15) is 27.7 Å². The summed E-state index contributed by atoms with van der Waals surface area (Å²) in [6, 6.07) is 3.72. The molecule has 0 aliphatic heterocycles. The number of amides is 2. The summed E-state index contributed by atoms with van der Waals surface area (Å²) < 4.78 is 2.01. The number of hydrogen-bond donors (Lipinski definition) is 3. The van der Waals surface area contributed by atoms with E-state index in [1.54, 1.807) is 0 Å². The number of nitrogens with zero attached hydrogens (tertiary/aromatic N) is 1. The molecule has 5 heteroatoms. The maximum absolute atomic E-state index is 11.7. The highest BCUT2D eigenvalue weighted by molar-refractivity contribution is 5.73. The number of aromatic nitrogens is 1. The second-order valence-electron chi connectivity index (χ2n) is 6.21. The minimum atomic E-state index is -0.442. The summed E-state index contributed by atoms with van der Waals surface area (Å²) in [5, 5.41) is 15.7. The molecule has 1 atom stereocenters. The molecule has 1 aromatic rings. The van der Waals surface area contributed by atoms with Gasteiger partial charge in [-0.2, -0.15) is 0 Å². The van der Waals surface area contributed by atoms with Gasteiger partial charge in [-0.15, -0.1) is 0 Å². The molecule has 3 N–H and O–H groups in total. The monoisotopic (exact) mass is 281 g/mol. The van der Waals surface area contributed by atoms with Gasteiger partial charge in [0.1, 0.15) is 0 Å². The molecule has 0 radical (unpaired) electrons. The maximum Gasteiger partial charge on any atom is 0.314 e. The van der Waals surface area contributed by atoms with Gasteiger partial charge in [-0.05, 0) is 18.1 Å². The fraction of sp³-hybridized carbons (Fsp3) is 0.667. The van der Waals surface area contributed by atoms with Crippen molar-refractivity contribution in [3.8, 4) is 0 Å². The van der Waals surface area contributed by atoms with Gasteiger partial charge in [0, 0.05) is 37.4 Å². The lowest BCUT2D eigenvalue weighted by Gasteiger charge is -2.33. The van der Waals surface area contributed by atoms with Crippen LogP contribution < -0.4 is 10.6 Å². The first-order valence-electron chi connectivity index (χ1n) is 7.13. The Morgan fingerprint density at radius 2 is 1.85 bits per heavy atom. The molecule has 1 heterocycles. The third-order valence-corrected chi connectivity index (χ3v) is 3.46. The molecule has 0 aliphatic carbocycles. The predicted octanol–water partition coefficient (Wildman–Crippen LogP) is 1.83. The summed E-state index contributed by atoms with van der Waals surface area (Å²) in [4.78, 5) is 11.7. The molecule has 0 spiro atoms. The standard InChI is InChI=1S/C15H27N3O2/c1-12(2)13(19)15(3,4)11-17-14(20)16-7-10-18-8-5-6-9-18/h5-6,8-9,12-13,19H,7,10-11H2,1-4H3,(H2,16,17,20). The molecule has 0 fully saturated rings. The first-order chi connectivity index (χ1) is 9.33. The molecule has 0 aromatic carbocycles. The van der Waals surface area contributed by atoms with Crippen LogP contribution in [0.15, 0.2) is 24.5 Å². The van der Waals surface area contributed by atoms with E-state index >= 15 is 0 Å². The van der Waals surface area contributed by atoms with E-state index in [2.05, 4.69) is 10.6 Å². The van der Waals surface area contributed by atoms with E-state index in [9.17, 15) is 9.90 Å². The van der Waals surface area contributed by atoms with Crippen molar-refractivity contribution in [1.82, 2.24) is 15.2 Å². The number of carbonyl (C=O) groups is 1. The minimum Gasteiger partial charge on any atom is -0.392 e. The van der Waals surface area contributed by atoms with E-state index in [4.69, 9.17) is 0 Å². The second-order valence-corrected chi connectivity index (χ2v) is 6.21. The number of hydrogen-bond acceptors (Lipinski definition) is 2. The average molecular weight is 281 g/mol. The molecule has 2 amide bonds. The van der Waals surface area contributed by atoms with Crippen LogP contribution in [0.3, 0.4) is 0 Å². The van der Waals surface area contributed by atoms with Crippen molar-refractivity contribution in [2.45, 2.75) is 40.3 Å². The summed E-state index contributed by atoms with van der Waals surface area (Å²) in [5.41, 5.74) is -0.341. The highest BCUT2D eigenvalue weighted by Gasteiger charge is 2.30. The lowest BCUT2D eigenvalue weighted by molar-refractivity contribution is 0.0151. The van der Waals surface area contributed by atoms with E-state index in [1.807, 2.05) is 56.8 Å². The molecule has 0 aliphatic rings. The first-order valence-corrected chi connectivity index (χ1v) is 7.13. The van der Waals surface area contributed by atoms with Crippen LogP contribution in [-0.2, 0) is 6.54 Å². The highest BCUT2D eigenvalue weighted by Crippen LogP contribution is 2.24. The van der Waals surface area contributed by atoms with Crippen molar-refractivity contribution in [3.05, 3.63) is 24.5 Å². The number of nitrogens with one attached hydrogen (secondary N) is 2. The van der Waals surface area contributed by atoms with Crippen molar-refractivity contribution >= 4 is 6.03 Å². The van der Waals surface area contributed by atoms with Gasteiger partial charge in [-0.3, -0.25) is 0 Å². The predicted molar refractivity (Wildman–Crippen MR) is 80.5 cm³/mol. The Morgan fingerprint density at radius 1 is 1.25 bits per heavy atom. The third kappa shape index (κ3) is 5.25. The molecular weight excluding hydrogens is 254 g/mol. The largest absolute Gasteiger partial charge is 0.392 e. The fourth-order valence-electron chi connectivity index (χ4n) is 2.20. The molecule has 114 valence electrons. The summed E-state index contributed by atoms with van der Waals surface area (Å²) in [5.74, 6) is 0.170. The van der Waals surface area contributed by atoms with Crippen molar-refractivity contribution in [2.24, 2.45) is 11.3 Å². The second kappa shape index (κ2) is 7.33. The van der Waals surface area contributed by atoms with Gasteiger partial charge in [0.05, 0.1) is 6.10 Å². The third-order valence-electron chi connectivity index (χ3n) is 3.46. The van der Waals surface area contributed by atoms with Gasteiger partial charge in [0.25, 0.3) is 0 Å². The van der Waals surface area contributed by atoms with Crippen LogP contribution in [0.5, 0.6) is 0 Å². The van der Waals surface area contributed by atoms with E-state index in [-0.39, 0.29) is 17.4 Å².